The Balaban J connectivity index is 1.51. The fourth-order valence-electron chi connectivity index (χ4n) is 4.23. The number of piperazine rings is 1. The van der Waals surface area contributed by atoms with Gasteiger partial charge in [-0.3, -0.25) is 4.79 Å². The highest BCUT2D eigenvalue weighted by molar-refractivity contribution is 6.39. The normalized spacial score (nSPS) is 13.8. The quantitative estimate of drug-likeness (QED) is 0.350. The molecular weight excluding hydrogens is 483 g/mol. The summed E-state index contributed by atoms with van der Waals surface area (Å²) in [6.07, 6.45) is 0. The molecule has 1 saturated heterocycles. The maximum Gasteiger partial charge on any atom is 0.255 e. The predicted octanol–water partition coefficient (Wildman–Crippen LogP) is 7.19. The summed E-state index contributed by atoms with van der Waals surface area (Å²) in [4.78, 5) is 17.5. The minimum absolute atomic E-state index is 0.127. The highest BCUT2D eigenvalue weighted by Gasteiger charge is 2.26. The van der Waals surface area contributed by atoms with Gasteiger partial charge < -0.3 is 19.3 Å². The second kappa shape index (κ2) is 10.8. The first-order chi connectivity index (χ1) is 16.8. The van der Waals surface area contributed by atoms with Gasteiger partial charge in [-0.05, 0) is 55.3 Å². The van der Waals surface area contributed by atoms with Crippen molar-refractivity contribution in [2.45, 2.75) is 26.7 Å². The Morgan fingerprint density at radius 2 is 1.63 bits per heavy atom. The molecule has 7 heteroatoms. The number of rotatable bonds is 6. The summed E-state index contributed by atoms with van der Waals surface area (Å²) in [6.45, 7) is 8.97. The van der Waals surface area contributed by atoms with Gasteiger partial charge in [0.15, 0.2) is 5.75 Å². The molecule has 0 N–H and O–H groups in total. The summed E-state index contributed by atoms with van der Waals surface area (Å²) < 4.78 is 11.6. The van der Waals surface area contributed by atoms with Crippen LogP contribution in [0.15, 0.2) is 54.6 Å². The zero-order valence-electron chi connectivity index (χ0n) is 20.5. The van der Waals surface area contributed by atoms with E-state index in [1.54, 1.807) is 25.3 Å². The number of carbonyl (C=O) groups is 1. The van der Waals surface area contributed by atoms with E-state index in [-0.39, 0.29) is 22.6 Å². The molecule has 5 nitrogen and oxygen atoms in total. The number of benzene rings is 3. The summed E-state index contributed by atoms with van der Waals surface area (Å²) in [5.74, 6) is 1.76. The van der Waals surface area contributed by atoms with Gasteiger partial charge in [-0.25, -0.2) is 0 Å². The molecule has 3 aromatic rings. The molecule has 0 radical (unpaired) electrons. The lowest BCUT2D eigenvalue weighted by atomic mass is 10.0. The Morgan fingerprint density at radius 1 is 0.943 bits per heavy atom. The van der Waals surface area contributed by atoms with Gasteiger partial charge in [0.05, 0.1) is 22.7 Å². The molecule has 0 unspecified atom stereocenters. The van der Waals surface area contributed by atoms with Crippen molar-refractivity contribution in [1.82, 2.24) is 4.90 Å². The van der Waals surface area contributed by atoms with Gasteiger partial charge in [0.2, 0.25) is 0 Å². The van der Waals surface area contributed by atoms with Crippen molar-refractivity contribution in [3.05, 3.63) is 81.3 Å². The Hall–Kier alpha value is -2.89. The van der Waals surface area contributed by atoms with E-state index < -0.39 is 0 Å². The largest absolute Gasteiger partial charge is 0.496 e. The van der Waals surface area contributed by atoms with Crippen LogP contribution in [0.5, 0.6) is 17.2 Å². The monoisotopic (exact) mass is 512 g/mol. The molecule has 1 heterocycles. The van der Waals surface area contributed by atoms with Gasteiger partial charge in [0.25, 0.3) is 5.91 Å². The van der Waals surface area contributed by atoms with E-state index in [1.165, 1.54) is 11.3 Å². The molecule has 0 bridgehead atoms. The SMILES string of the molecule is COc1ccc(Oc2c(Cl)ccc(C(=O)N3CCN(c4ccc(C)cc4)CC3)c2Cl)cc1C(C)C. The maximum absolute atomic E-state index is 13.4. The maximum atomic E-state index is 13.4. The first-order valence-electron chi connectivity index (χ1n) is 11.7. The molecule has 4 rings (SSSR count). The third-order valence-corrected chi connectivity index (χ3v) is 6.96. The first kappa shape index (κ1) is 25.2. The topological polar surface area (TPSA) is 42.0 Å². The minimum atomic E-state index is -0.127. The van der Waals surface area contributed by atoms with E-state index in [0.717, 1.165) is 24.4 Å². The second-order valence-corrected chi connectivity index (χ2v) is 9.80. The van der Waals surface area contributed by atoms with Crippen LogP contribution in [0, 0.1) is 6.92 Å². The molecule has 1 amide bonds. The molecule has 1 fully saturated rings. The number of hydrogen-bond donors (Lipinski definition) is 0. The molecule has 35 heavy (non-hydrogen) atoms. The number of ether oxygens (including phenoxy) is 2. The molecular formula is C28H30Cl2N2O3. The summed E-state index contributed by atoms with van der Waals surface area (Å²) in [5, 5.41) is 0.558. The molecule has 0 aliphatic carbocycles. The van der Waals surface area contributed by atoms with Crippen molar-refractivity contribution < 1.29 is 14.3 Å². The fraction of sp³-hybridized carbons (Fsp3) is 0.321. The van der Waals surface area contributed by atoms with Gasteiger partial charge in [-0.2, -0.15) is 0 Å². The van der Waals surface area contributed by atoms with E-state index >= 15 is 0 Å². The third kappa shape index (κ3) is 5.52. The van der Waals surface area contributed by atoms with Crippen molar-refractivity contribution in [3.8, 4) is 17.2 Å². The lowest BCUT2D eigenvalue weighted by molar-refractivity contribution is 0.0746. The molecule has 1 aliphatic heterocycles. The number of anilines is 1. The fourth-order valence-corrected chi connectivity index (χ4v) is 4.76. The van der Waals surface area contributed by atoms with Crippen LogP contribution in [0.2, 0.25) is 10.0 Å². The van der Waals surface area contributed by atoms with Crippen LogP contribution in [0.25, 0.3) is 0 Å². The van der Waals surface area contributed by atoms with Gasteiger partial charge >= 0.3 is 0 Å². The summed E-state index contributed by atoms with van der Waals surface area (Å²) >= 11 is 13.1. The van der Waals surface area contributed by atoms with Gasteiger partial charge in [0.1, 0.15) is 11.5 Å². The predicted molar refractivity (Wildman–Crippen MR) is 143 cm³/mol. The molecule has 1 aliphatic rings. The highest BCUT2D eigenvalue weighted by Crippen LogP contribution is 2.40. The third-order valence-electron chi connectivity index (χ3n) is 6.29. The summed E-state index contributed by atoms with van der Waals surface area (Å²) in [6, 6.07) is 17.3. The lowest BCUT2D eigenvalue weighted by Gasteiger charge is -2.36. The van der Waals surface area contributed by atoms with Crippen molar-refractivity contribution in [3.63, 3.8) is 0 Å². The number of carbonyl (C=O) groups excluding carboxylic acids is 1. The van der Waals surface area contributed by atoms with E-state index in [0.29, 0.717) is 29.4 Å². The van der Waals surface area contributed by atoms with E-state index in [2.05, 4.69) is 49.9 Å². The molecule has 0 aromatic heterocycles. The highest BCUT2D eigenvalue weighted by atomic mass is 35.5. The Bertz CT molecular complexity index is 1200. The second-order valence-electron chi connectivity index (χ2n) is 9.01. The van der Waals surface area contributed by atoms with Crippen LogP contribution in [-0.4, -0.2) is 44.1 Å². The molecule has 184 valence electrons. The van der Waals surface area contributed by atoms with Crippen molar-refractivity contribution in [2.75, 3.05) is 38.2 Å². The van der Waals surface area contributed by atoms with Crippen LogP contribution in [0.1, 0.15) is 41.3 Å². The van der Waals surface area contributed by atoms with Crippen molar-refractivity contribution >= 4 is 34.8 Å². The average molecular weight is 513 g/mol. The lowest BCUT2D eigenvalue weighted by Crippen LogP contribution is -2.48. The van der Waals surface area contributed by atoms with Gasteiger partial charge in [-0.15, -0.1) is 0 Å². The smallest absolute Gasteiger partial charge is 0.255 e. The van der Waals surface area contributed by atoms with E-state index in [4.69, 9.17) is 32.7 Å². The number of amides is 1. The number of nitrogens with zero attached hydrogens (tertiary/aromatic N) is 2. The van der Waals surface area contributed by atoms with Crippen LogP contribution in [0.4, 0.5) is 5.69 Å². The Labute approximate surface area is 217 Å². The zero-order chi connectivity index (χ0) is 25.1. The Morgan fingerprint density at radius 3 is 2.26 bits per heavy atom. The van der Waals surface area contributed by atoms with Crippen molar-refractivity contribution in [2.24, 2.45) is 0 Å². The number of aryl methyl sites for hydroxylation is 1. The number of methoxy groups -OCH3 is 1. The summed E-state index contributed by atoms with van der Waals surface area (Å²) in [7, 11) is 1.64. The first-order valence-corrected chi connectivity index (χ1v) is 12.5. The standard InChI is InChI=1S/C28H30Cl2N2O3/c1-18(2)23-17-21(9-12-25(23)34-4)35-27-24(29)11-10-22(26(27)30)28(33)32-15-13-31(14-16-32)20-7-5-19(3)6-8-20/h5-12,17-18H,13-16H2,1-4H3. The summed E-state index contributed by atoms with van der Waals surface area (Å²) in [5.41, 5.74) is 3.79. The van der Waals surface area contributed by atoms with E-state index in [9.17, 15) is 4.79 Å². The van der Waals surface area contributed by atoms with Gasteiger partial charge in [-0.1, -0.05) is 54.7 Å². The van der Waals surface area contributed by atoms with Crippen LogP contribution in [-0.2, 0) is 0 Å². The van der Waals surface area contributed by atoms with Gasteiger partial charge in [0, 0.05) is 37.4 Å². The minimum Gasteiger partial charge on any atom is -0.496 e. The number of hydrogen-bond acceptors (Lipinski definition) is 4. The van der Waals surface area contributed by atoms with Crippen molar-refractivity contribution in [1.29, 1.82) is 0 Å². The average Bonchev–Trinajstić information content (AvgIpc) is 2.86. The van der Waals surface area contributed by atoms with Crippen LogP contribution < -0.4 is 14.4 Å². The Kier molecular flexibility index (Phi) is 7.78. The van der Waals surface area contributed by atoms with Crippen LogP contribution >= 0.6 is 23.2 Å². The van der Waals surface area contributed by atoms with E-state index in [1.807, 2.05) is 17.0 Å². The molecule has 0 spiro atoms. The van der Waals surface area contributed by atoms with Crippen LogP contribution in [0.3, 0.4) is 0 Å². The zero-order valence-corrected chi connectivity index (χ0v) is 22.0. The number of halogens is 2. The molecule has 0 saturated carbocycles. The molecule has 3 aromatic carbocycles. The molecule has 0 atom stereocenters.